The molecule has 8 aromatic carbocycles. The number of benzene rings is 8. The minimum Gasteiger partial charge on any atom is -0.456 e. The van der Waals surface area contributed by atoms with Crippen LogP contribution in [0.4, 0.5) is 0 Å². The summed E-state index contributed by atoms with van der Waals surface area (Å²) < 4.78 is 8.68. The van der Waals surface area contributed by atoms with Gasteiger partial charge in [0, 0.05) is 43.8 Å². The van der Waals surface area contributed by atoms with Crippen LogP contribution in [0.3, 0.4) is 0 Å². The minimum absolute atomic E-state index is 0.582. The monoisotopic (exact) mass is 690 g/mol. The smallest absolute Gasteiger partial charge is 0.164 e. The number of nitrogens with zero attached hydrogens (tertiary/aromatic N) is 4. The second-order valence-electron chi connectivity index (χ2n) is 13.6. The van der Waals surface area contributed by atoms with Crippen LogP contribution in [0.25, 0.3) is 105 Å². The third kappa shape index (κ3) is 4.90. The second-order valence-corrected chi connectivity index (χ2v) is 13.6. The van der Waals surface area contributed by atoms with Crippen molar-refractivity contribution >= 4 is 54.5 Å². The standard InChI is InChI=1S/C49H30N4O/c1-3-13-31(14-4-1)37-25-23-35(29-43(37)53-42-21-11-9-19-38(42)41-27-33-17-7-8-18-34(33)28-44(41)53)48-50-47(32-15-5-2-6-16-32)51-49(52-48)36-24-26-40-39-20-10-12-22-45(39)54-46(40)30-36/h1-30H. The Morgan fingerprint density at radius 2 is 0.926 bits per heavy atom. The molecule has 0 atom stereocenters. The number of rotatable bonds is 5. The lowest BCUT2D eigenvalue weighted by molar-refractivity contribution is 0.669. The fraction of sp³-hybridized carbons (Fsp3) is 0. The first-order chi connectivity index (χ1) is 26.7. The fourth-order valence-electron chi connectivity index (χ4n) is 7.85. The molecular formula is C49H30N4O. The first kappa shape index (κ1) is 30.3. The molecule has 54 heavy (non-hydrogen) atoms. The maximum atomic E-state index is 6.28. The van der Waals surface area contributed by atoms with Gasteiger partial charge < -0.3 is 8.98 Å². The average Bonchev–Trinajstić information content (AvgIpc) is 3.78. The maximum absolute atomic E-state index is 6.28. The van der Waals surface area contributed by atoms with Crippen LogP contribution in [0, 0.1) is 0 Å². The van der Waals surface area contributed by atoms with Gasteiger partial charge in [-0.25, -0.2) is 15.0 Å². The minimum atomic E-state index is 0.582. The lowest BCUT2D eigenvalue weighted by Crippen LogP contribution is -2.02. The van der Waals surface area contributed by atoms with Crippen LogP contribution in [0.1, 0.15) is 0 Å². The summed E-state index contributed by atoms with van der Waals surface area (Å²) in [5.41, 5.74) is 9.89. The van der Waals surface area contributed by atoms with Crippen molar-refractivity contribution in [3.05, 3.63) is 182 Å². The molecule has 11 aromatic rings. The highest BCUT2D eigenvalue weighted by molar-refractivity contribution is 6.14. The van der Waals surface area contributed by atoms with Gasteiger partial charge in [0.1, 0.15) is 11.2 Å². The molecule has 252 valence electrons. The topological polar surface area (TPSA) is 56.7 Å². The largest absolute Gasteiger partial charge is 0.456 e. The Morgan fingerprint density at radius 1 is 0.352 bits per heavy atom. The predicted octanol–water partition coefficient (Wildman–Crippen LogP) is 12.7. The van der Waals surface area contributed by atoms with Crippen LogP contribution in [0.5, 0.6) is 0 Å². The zero-order valence-electron chi connectivity index (χ0n) is 29.0. The van der Waals surface area contributed by atoms with E-state index in [9.17, 15) is 0 Å². The molecular weight excluding hydrogens is 661 g/mol. The lowest BCUT2D eigenvalue weighted by atomic mass is 10.0. The summed E-state index contributed by atoms with van der Waals surface area (Å²) in [7, 11) is 0. The molecule has 0 aliphatic carbocycles. The van der Waals surface area contributed by atoms with Crippen LogP contribution in [0.2, 0.25) is 0 Å². The molecule has 0 saturated heterocycles. The van der Waals surface area contributed by atoms with Crippen LogP contribution in [-0.2, 0) is 0 Å². The van der Waals surface area contributed by atoms with Crippen molar-refractivity contribution in [2.45, 2.75) is 0 Å². The van der Waals surface area contributed by atoms with Gasteiger partial charge in [0.15, 0.2) is 17.5 Å². The summed E-state index contributed by atoms with van der Waals surface area (Å²) in [6, 6.07) is 63.5. The van der Waals surface area contributed by atoms with Gasteiger partial charge in [0.2, 0.25) is 0 Å². The van der Waals surface area contributed by atoms with E-state index in [0.717, 1.165) is 66.5 Å². The summed E-state index contributed by atoms with van der Waals surface area (Å²) >= 11 is 0. The molecule has 0 saturated carbocycles. The molecule has 0 aliphatic rings. The first-order valence-corrected chi connectivity index (χ1v) is 18.1. The SMILES string of the molecule is c1ccc(-c2nc(-c3ccc(-c4ccccc4)c(-n4c5ccccc5c5cc6ccccc6cc54)c3)nc(-c3ccc4c(c3)oc3ccccc34)n2)cc1. The molecule has 5 nitrogen and oxygen atoms in total. The van der Waals surface area contributed by atoms with Crippen molar-refractivity contribution in [2.24, 2.45) is 0 Å². The Morgan fingerprint density at radius 3 is 1.70 bits per heavy atom. The number of furan rings is 1. The van der Waals surface area contributed by atoms with Gasteiger partial charge in [-0.1, -0.05) is 140 Å². The first-order valence-electron chi connectivity index (χ1n) is 18.1. The number of aromatic nitrogens is 4. The van der Waals surface area contributed by atoms with Crippen molar-refractivity contribution in [1.82, 2.24) is 19.5 Å². The van der Waals surface area contributed by atoms with E-state index >= 15 is 0 Å². The molecule has 0 bridgehead atoms. The quantitative estimate of drug-likeness (QED) is 0.180. The highest BCUT2D eigenvalue weighted by atomic mass is 16.3. The van der Waals surface area contributed by atoms with Crippen molar-refractivity contribution in [3.63, 3.8) is 0 Å². The number of hydrogen-bond donors (Lipinski definition) is 0. The molecule has 3 aromatic heterocycles. The molecule has 11 rings (SSSR count). The van der Waals surface area contributed by atoms with E-state index in [2.05, 4.69) is 132 Å². The zero-order chi connectivity index (χ0) is 35.6. The Hall–Kier alpha value is -7.37. The Balaban J connectivity index is 1.17. The Labute approximate surface area is 310 Å². The average molecular weight is 691 g/mol. The van der Waals surface area contributed by atoms with E-state index in [1.54, 1.807) is 0 Å². The Bertz CT molecular complexity index is 3220. The summed E-state index contributed by atoms with van der Waals surface area (Å²) in [6.45, 7) is 0. The van der Waals surface area contributed by atoms with E-state index in [4.69, 9.17) is 19.4 Å². The molecule has 0 N–H and O–H groups in total. The molecule has 0 spiro atoms. The van der Waals surface area contributed by atoms with Crippen molar-refractivity contribution in [3.8, 4) is 51.0 Å². The number of fused-ring (bicyclic) bond motifs is 7. The predicted molar refractivity (Wildman–Crippen MR) is 221 cm³/mol. The Kier molecular flexibility index (Phi) is 6.79. The maximum Gasteiger partial charge on any atom is 0.164 e. The van der Waals surface area contributed by atoms with E-state index in [1.807, 2.05) is 54.6 Å². The molecule has 5 heteroatoms. The summed E-state index contributed by atoms with van der Waals surface area (Å²) in [6.07, 6.45) is 0. The van der Waals surface area contributed by atoms with Crippen molar-refractivity contribution in [2.75, 3.05) is 0 Å². The molecule has 0 aliphatic heterocycles. The van der Waals surface area contributed by atoms with Gasteiger partial charge in [-0.2, -0.15) is 0 Å². The molecule has 3 heterocycles. The number of para-hydroxylation sites is 2. The van der Waals surface area contributed by atoms with Gasteiger partial charge >= 0.3 is 0 Å². The van der Waals surface area contributed by atoms with Crippen LogP contribution in [0.15, 0.2) is 186 Å². The summed E-state index contributed by atoms with van der Waals surface area (Å²) in [5, 5.41) is 6.98. The van der Waals surface area contributed by atoms with Crippen LogP contribution in [-0.4, -0.2) is 19.5 Å². The van der Waals surface area contributed by atoms with Crippen LogP contribution < -0.4 is 0 Å². The third-order valence-electron chi connectivity index (χ3n) is 10.4. The molecule has 0 fully saturated rings. The number of hydrogen-bond acceptors (Lipinski definition) is 4. The van der Waals surface area contributed by atoms with Gasteiger partial charge in [-0.3, -0.25) is 0 Å². The normalized spacial score (nSPS) is 11.7. The van der Waals surface area contributed by atoms with E-state index in [1.165, 1.54) is 21.5 Å². The van der Waals surface area contributed by atoms with E-state index < -0.39 is 0 Å². The van der Waals surface area contributed by atoms with E-state index in [0.29, 0.717) is 17.5 Å². The van der Waals surface area contributed by atoms with Crippen molar-refractivity contribution < 1.29 is 4.42 Å². The summed E-state index contributed by atoms with van der Waals surface area (Å²) in [5.74, 6) is 1.78. The van der Waals surface area contributed by atoms with Gasteiger partial charge in [0.05, 0.1) is 16.7 Å². The lowest BCUT2D eigenvalue weighted by Gasteiger charge is -2.16. The van der Waals surface area contributed by atoms with E-state index in [-0.39, 0.29) is 0 Å². The third-order valence-corrected chi connectivity index (χ3v) is 10.4. The van der Waals surface area contributed by atoms with Gasteiger partial charge in [0.25, 0.3) is 0 Å². The molecule has 0 radical (unpaired) electrons. The molecule has 0 amide bonds. The highest BCUT2D eigenvalue weighted by Crippen LogP contribution is 2.40. The second kappa shape index (κ2) is 12.1. The highest BCUT2D eigenvalue weighted by Gasteiger charge is 2.20. The zero-order valence-corrected chi connectivity index (χ0v) is 29.0. The summed E-state index contributed by atoms with van der Waals surface area (Å²) in [4.78, 5) is 15.3. The van der Waals surface area contributed by atoms with Crippen molar-refractivity contribution in [1.29, 1.82) is 0 Å². The van der Waals surface area contributed by atoms with Gasteiger partial charge in [-0.15, -0.1) is 0 Å². The van der Waals surface area contributed by atoms with Crippen LogP contribution >= 0.6 is 0 Å². The fourth-order valence-corrected chi connectivity index (χ4v) is 7.85. The van der Waals surface area contributed by atoms with Gasteiger partial charge in [-0.05, 0) is 58.8 Å². The molecule has 0 unspecified atom stereocenters.